The number of nitrogens with zero attached hydrogens (tertiary/aromatic N) is 2. The summed E-state index contributed by atoms with van der Waals surface area (Å²) in [6.07, 6.45) is 0. The number of rotatable bonds is 2. The van der Waals surface area contributed by atoms with E-state index in [9.17, 15) is 5.11 Å². The first-order valence-corrected chi connectivity index (χ1v) is 7.91. The van der Waals surface area contributed by atoms with Crippen LogP contribution in [0, 0.1) is 6.92 Å². The maximum Gasteiger partial charge on any atom is 0.293 e. The van der Waals surface area contributed by atoms with Gasteiger partial charge in [-0.3, -0.25) is 0 Å². The smallest absolute Gasteiger partial charge is 0.293 e. The number of nitrogens with one attached hydrogen (secondary N) is 1. The summed E-state index contributed by atoms with van der Waals surface area (Å²) in [6.45, 7) is 2.07. The van der Waals surface area contributed by atoms with Crippen molar-refractivity contribution in [3.8, 4) is 28.4 Å². The minimum absolute atomic E-state index is 0.166. The van der Waals surface area contributed by atoms with Crippen molar-refractivity contribution in [3.05, 3.63) is 65.2 Å². The van der Waals surface area contributed by atoms with E-state index in [-0.39, 0.29) is 6.01 Å². The van der Waals surface area contributed by atoms with Crippen LogP contribution in [0.3, 0.4) is 0 Å². The molecule has 0 saturated carbocycles. The van der Waals surface area contributed by atoms with Crippen molar-refractivity contribution in [1.82, 2.24) is 15.0 Å². The maximum atomic E-state index is 9.44. The average Bonchev–Trinajstić information content (AvgIpc) is 2.94. The van der Waals surface area contributed by atoms with Crippen LogP contribution in [0.1, 0.15) is 5.56 Å². The third-order valence-corrected chi connectivity index (χ3v) is 4.25. The van der Waals surface area contributed by atoms with Gasteiger partial charge in [0.15, 0.2) is 5.65 Å². The zero-order chi connectivity index (χ0) is 16.7. The Morgan fingerprint density at radius 1 is 0.875 bits per heavy atom. The lowest BCUT2D eigenvalue weighted by molar-refractivity contribution is 0.438. The molecule has 0 atom stereocenters. The molecule has 0 aliphatic rings. The van der Waals surface area contributed by atoms with Crippen molar-refractivity contribution in [3.63, 3.8) is 0 Å². The molecular weight excluding hydrogens is 322 g/mol. The van der Waals surface area contributed by atoms with Crippen LogP contribution in [0.15, 0.2) is 54.6 Å². The lowest BCUT2D eigenvalue weighted by Gasteiger charge is -2.06. The standard InChI is InChI=1S/C19H14ClN3O/c1-11-2-4-12(5-3-11)13-6-8-14(9-7-13)17-15(20)10-16-18(22-17)23-19(24)21-16/h2-10H,1H3,(H2,21,22,23,24). The number of H-pyrrole nitrogens is 1. The highest BCUT2D eigenvalue weighted by Crippen LogP contribution is 2.31. The van der Waals surface area contributed by atoms with Crippen LogP contribution in [-0.4, -0.2) is 20.1 Å². The van der Waals surface area contributed by atoms with Gasteiger partial charge in [0.25, 0.3) is 6.01 Å². The number of fused-ring (bicyclic) bond motifs is 1. The monoisotopic (exact) mass is 335 g/mol. The first-order valence-electron chi connectivity index (χ1n) is 7.53. The number of pyridine rings is 1. The second kappa shape index (κ2) is 5.65. The van der Waals surface area contributed by atoms with E-state index in [4.69, 9.17) is 11.6 Å². The molecule has 5 heteroatoms. The van der Waals surface area contributed by atoms with E-state index >= 15 is 0 Å². The second-order valence-electron chi connectivity index (χ2n) is 5.69. The van der Waals surface area contributed by atoms with Crippen molar-refractivity contribution in [2.75, 3.05) is 0 Å². The fourth-order valence-corrected chi connectivity index (χ4v) is 2.93. The summed E-state index contributed by atoms with van der Waals surface area (Å²) in [6, 6.07) is 18.0. The van der Waals surface area contributed by atoms with Gasteiger partial charge in [-0.1, -0.05) is 65.7 Å². The zero-order valence-electron chi connectivity index (χ0n) is 12.9. The summed E-state index contributed by atoms with van der Waals surface area (Å²) in [5, 5.41) is 9.95. The van der Waals surface area contributed by atoms with Crippen LogP contribution < -0.4 is 0 Å². The SMILES string of the molecule is Cc1ccc(-c2ccc(-c3nc4nc(O)[nH]c4cc3Cl)cc2)cc1. The van der Waals surface area contributed by atoms with Gasteiger partial charge in [-0.2, -0.15) is 4.98 Å². The van der Waals surface area contributed by atoms with E-state index in [0.29, 0.717) is 21.9 Å². The lowest BCUT2D eigenvalue weighted by atomic mass is 10.0. The second-order valence-corrected chi connectivity index (χ2v) is 6.10. The lowest BCUT2D eigenvalue weighted by Crippen LogP contribution is -1.87. The van der Waals surface area contributed by atoms with Crippen molar-refractivity contribution in [1.29, 1.82) is 0 Å². The van der Waals surface area contributed by atoms with Gasteiger partial charge in [0, 0.05) is 5.56 Å². The molecule has 0 aliphatic heterocycles. The van der Waals surface area contributed by atoms with Crippen LogP contribution in [0.25, 0.3) is 33.5 Å². The number of hydrogen-bond donors (Lipinski definition) is 2. The number of benzene rings is 2. The quantitative estimate of drug-likeness (QED) is 0.544. The Morgan fingerprint density at radius 3 is 2.12 bits per heavy atom. The Hall–Kier alpha value is -2.85. The van der Waals surface area contributed by atoms with E-state index < -0.39 is 0 Å². The molecule has 0 spiro atoms. The zero-order valence-corrected chi connectivity index (χ0v) is 13.7. The van der Waals surface area contributed by atoms with Crippen LogP contribution >= 0.6 is 11.6 Å². The van der Waals surface area contributed by atoms with Gasteiger partial charge in [-0.05, 0) is 24.1 Å². The summed E-state index contributed by atoms with van der Waals surface area (Å²) in [7, 11) is 0. The van der Waals surface area contributed by atoms with Gasteiger partial charge in [0.1, 0.15) is 0 Å². The van der Waals surface area contributed by atoms with Crippen molar-refractivity contribution in [2.24, 2.45) is 0 Å². The molecule has 0 fully saturated rings. The third kappa shape index (κ3) is 2.61. The molecule has 0 aliphatic carbocycles. The summed E-state index contributed by atoms with van der Waals surface area (Å²) in [5.41, 5.74) is 6.13. The van der Waals surface area contributed by atoms with Crippen LogP contribution in [0.5, 0.6) is 6.01 Å². The Labute approximate surface area is 143 Å². The van der Waals surface area contributed by atoms with Gasteiger partial charge < -0.3 is 10.1 Å². The highest BCUT2D eigenvalue weighted by atomic mass is 35.5. The van der Waals surface area contributed by atoms with Gasteiger partial charge >= 0.3 is 0 Å². The van der Waals surface area contributed by atoms with Crippen molar-refractivity contribution in [2.45, 2.75) is 6.92 Å². The predicted octanol–water partition coefficient (Wildman–Crippen LogP) is 4.96. The van der Waals surface area contributed by atoms with E-state index in [0.717, 1.165) is 11.1 Å². The molecule has 4 aromatic rings. The van der Waals surface area contributed by atoms with E-state index in [1.54, 1.807) is 6.07 Å². The summed E-state index contributed by atoms with van der Waals surface area (Å²) < 4.78 is 0. The molecule has 0 bridgehead atoms. The topological polar surface area (TPSA) is 61.8 Å². The van der Waals surface area contributed by atoms with Crippen molar-refractivity contribution >= 4 is 22.8 Å². The molecule has 24 heavy (non-hydrogen) atoms. The highest BCUT2D eigenvalue weighted by molar-refractivity contribution is 6.33. The van der Waals surface area contributed by atoms with E-state index in [1.807, 2.05) is 24.3 Å². The number of aryl methyl sites for hydroxylation is 1. The molecule has 2 aromatic carbocycles. The number of aromatic nitrogens is 3. The Kier molecular flexibility index (Phi) is 3.47. The molecule has 2 N–H and O–H groups in total. The Bertz CT molecular complexity index is 1020. The molecular formula is C19H14ClN3O. The minimum atomic E-state index is -0.166. The molecule has 0 radical (unpaired) electrons. The van der Waals surface area contributed by atoms with Gasteiger partial charge in [0.05, 0.1) is 16.2 Å². The molecule has 4 nitrogen and oxygen atoms in total. The number of halogens is 1. The Morgan fingerprint density at radius 2 is 1.46 bits per heavy atom. The van der Waals surface area contributed by atoms with Gasteiger partial charge in [-0.25, -0.2) is 4.98 Å². The number of imidazole rings is 1. The first-order chi connectivity index (χ1) is 11.6. The number of aromatic amines is 1. The molecule has 2 heterocycles. The normalized spacial score (nSPS) is 11.1. The minimum Gasteiger partial charge on any atom is -0.480 e. The fraction of sp³-hybridized carbons (Fsp3) is 0.0526. The first kappa shape index (κ1) is 14.7. The van der Waals surface area contributed by atoms with E-state index in [1.165, 1.54) is 11.1 Å². The maximum absolute atomic E-state index is 9.44. The Balaban J connectivity index is 1.74. The van der Waals surface area contributed by atoms with Crippen LogP contribution in [0.2, 0.25) is 5.02 Å². The summed E-state index contributed by atoms with van der Waals surface area (Å²) >= 11 is 6.33. The average molecular weight is 336 g/mol. The van der Waals surface area contributed by atoms with Gasteiger partial charge in [-0.15, -0.1) is 0 Å². The highest BCUT2D eigenvalue weighted by Gasteiger charge is 2.11. The summed E-state index contributed by atoms with van der Waals surface area (Å²) in [5.74, 6) is 0. The molecule has 4 rings (SSSR count). The molecule has 118 valence electrons. The molecule has 0 unspecified atom stereocenters. The fourth-order valence-electron chi connectivity index (χ4n) is 2.67. The predicted molar refractivity (Wildman–Crippen MR) is 96.2 cm³/mol. The van der Waals surface area contributed by atoms with Gasteiger partial charge in [0.2, 0.25) is 0 Å². The molecule has 0 amide bonds. The summed E-state index contributed by atoms with van der Waals surface area (Å²) in [4.78, 5) is 11.1. The van der Waals surface area contributed by atoms with Crippen LogP contribution in [0.4, 0.5) is 0 Å². The number of aromatic hydroxyl groups is 1. The number of hydrogen-bond acceptors (Lipinski definition) is 3. The van der Waals surface area contributed by atoms with Crippen molar-refractivity contribution < 1.29 is 5.11 Å². The van der Waals surface area contributed by atoms with E-state index in [2.05, 4.69) is 46.1 Å². The molecule has 0 saturated heterocycles. The van der Waals surface area contributed by atoms with Crippen LogP contribution in [-0.2, 0) is 0 Å². The molecule has 2 aromatic heterocycles. The largest absolute Gasteiger partial charge is 0.480 e. The third-order valence-electron chi connectivity index (χ3n) is 3.96.